The molecule has 0 spiro atoms. The van der Waals surface area contributed by atoms with Crippen LogP contribution in [0.1, 0.15) is 35.7 Å². The van der Waals surface area contributed by atoms with E-state index in [2.05, 4.69) is 10.5 Å². The number of hydrogen-bond donors (Lipinski definition) is 2. The third-order valence-electron chi connectivity index (χ3n) is 2.05. The van der Waals surface area contributed by atoms with Gasteiger partial charge < -0.3 is 14.9 Å². The van der Waals surface area contributed by atoms with E-state index in [1.54, 1.807) is 13.8 Å². The van der Waals surface area contributed by atoms with Crippen molar-refractivity contribution in [2.24, 2.45) is 0 Å². The molecule has 0 aromatic carbocycles. The van der Waals surface area contributed by atoms with Gasteiger partial charge in [-0.3, -0.25) is 4.79 Å². The second kappa shape index (κ2) is 4.93. The van der Waals surface area contributed by atoms with Crippen LogP contribution in [0, 0.1) is 6.92 Å². The average molecular weight is 212 g/mol. The van der Waals surface area contributed by atoms with Crippen molar-refractivity contribution >= 4 is 5.91 Å². The first-order chi connectivity index (χ1) is 7.06. The predicted molar refractivity (Wildman–Crippen MR) is 54.6 cm³/mol. The number of aryl methyl sites for hydroxylation is 2. The molecule has 0 aliphatic carbocycles. The Morgan fingerprint density at radius 2 is 2.33 bits per heavy atom. The number of hydrogen-bond acceptors (Lipinski definition) is 4. The highest BCUT2D eigenvalue weighted by Gasteiger charge is 2.18. The van der Waals surface area contributed by atoms with Crippen LogP contribution in [0.25, 0.3) is 0 Å². The molecule has 0 aliphatic heterocycles. The number of carbonyl (C=O) groups excluding carboxylic acids is 1. The molecule has 1 unspecified atom stereocenters. The van der Waals surface area contributed by atoms with Crippen LogP contribution in [0.15, 0.2) is 4.52 Å². The third kappa shape index (κ3) is 2.79. The molecule has 15 heavy (non-hydrogen) atoms. The number of rotatable bonds is 4. The maximum atomic E-state index is 11.7. The van der Waals surface area contributed by atoms with Crippen LogP contribution in [0.3, 0.4) is 0 Å². The molecule has 0 bridgehead atoms. The summed E-state index contributed by atoms with van der Waals surface area (Å²) in [7, 11) is 0. The number of amides is 1. The molecule has 0 radical (unpaired) electrons. The molecule has 5 heteroatoms. The molecule has 84 valence electrons. The monoisotopic (exact) mass is 212 g/mol. The number of carbonyl (C=O) groups is 1. The van der Waals surface area contributed by atoms with Crippen LogP contribution < -0.4 is 5.32 Å². The lowest BCUT2D eigenvalue weighted by atomic mass is 10.1. The predicted octanol–water partition coefficient (Wildman–Crippen LogP) is 0.656. The minimum Gasteiger partial charge on any atom is -0.392 e. The second-order valence-corrected chi connectivity index (χ2v) is 3.47. The first-order valence-corrected chi connectivity index (χ1v) is 4.97. The maximum Gasteiger partial charge on any atom is 0.256 e. The topological polar surface area (TPSA) is 75.4 Å². The van der Waals surface area contributed by atoms with Crippen LogP contribution in [-0.4, -0.2) is 28.8 Å². The molecule has 0 fully saturated rings. The fourth-order valence-corrected chi connectivity index (χ4v) is 1.28. The molecular weight excluding hydrogens is 196 g/mol. The van der Waals surface area contributed by atoms with E-state index in [1.165, 1.54) is 0 Å². The van der Waals surface area contributed by atoms with E-state index in [0.29, 0.717) is 23.4 Å². The zero-order valence-corrected chi connectivity index (χ0v) is 9.20. The van der Waals surface area contributed by atoms with E-state index in [4.69, 9.17) is 9.63 Å². The SMILES string of the molecule is CCc1noc(C)c1C(=O)NCC(C)O. The number of nitrogens with one attached hydrogen (secondary N) is 1. The lowest BCUT2D eigenvalue weighted by Gasteiger charge is -2.06. The van der Waals surface area contributed by atoms with Crippen molar-refractivity contribution in [3.05, 3.63) is 17.0 Å². The smallest absolute Gasteiger partial charge is 0.256 e. The molecule has 1 amide bonds. The number of aliphatic hydroxyl groups excluding tert-OH is 1. The fourth-order valence-electron chi connectivity index (χ4n) is 1.28. The summed E-state index contributed by atoms with van der Waals surface area (Å²) in [4.78, 5) is 11.7. The third-order valence-corrected chi connectivity index (χ3v) is 2.05. The Balaban J connectivity index is 2.76. The largest absolute Gasteiger partial charge is 0.392 e. The molecule has 1 aromatic rings. The Hall–Kier alpha value is -1.36. The van der Waals surface area contributed by atoms with E-state index in [1.807, 2.05) is 6.92 Å². The second-order valence-electron chi connectivity index (χ2n) is 3.47. The summed E-state index contributed by atoms with van der Waals surface area (Å²) in [6, 6.07) is 0. The Labute approximate surface area is 88.5 Å². The summed E-state index contributed by atoms with van der Waals surface area (Å²) in [6.45, 7) is 5.44. The van der Waals surface area contributed by atoms with E-state index in [-0.39, 0.29) is 12.5 Å². The van der Waals surface area contributed by atoms with E-state index >= 15 is 0 Å². The van der Waals surface area contributed by atoms with Crippen LogP contribution >= 0.6 is 0 Å². The molecule has 1 heterocycles. The van der Waals surface area contributed by atoms with Gasteiger partial charge in [0.15, 0.2) is 0 Å². The first-order valence-electron chi connectivity index (χ1n) is 4.97. The summed E-state index contributed by atoms with van der Waals surface area (Å²) < 4.78 is 4.94. The maximum absolute atomic E-state index is 11.7. The number of nitrogens with zero attached hydrogens (tertiary/aromatic N) is 1. The van der Waals surface area contributed by atoms with Gasteiger partial charge in [-0.15, -0.1) is 0 Å². The average Bonchev–Trinajstić information content (AvgIpc) is 2.56. The van der Waals surface area contributed by atoms with Gasteiger partial charge in [0, 0.05) is 6.54 Å². The van der Waals surface area contributed by atoms with Crippen molar-refractivity contribution in [2.45, 2.75) is 33.3 Å². The van der Waals surface area contributed by atoms with Gasteiger partial charge in [0.1, 0.15) is 11.3 Å². The summed E-state index contributed by atoms with van der Waals surface area (Å²) in [6.07, 6.45) is 0.0913. The van der Waals surface area contributed by atoms with Gasteiger partial charge >= 0.3 is 0 Å². The highest BCUT2D eigenvalue weighted by Crippen LogP contribution is 2.13. The van der Waals surface area contributed by atoms with Gasteiger partial charge in [-0.25, -0.2) is 0 Å². The van der Waals surface area contributed by atoms with Gasteiger partial charge in [-0.2, -0.15) is 0 Å². The minimum atomic E-state index is -0.556. The standard InChI is InChI=1S/C10H16N2O3/c1-4-8-9(7(3)15-12-8)10(14)11-5-6(2)13/h6,13H,4-5H2,1-3H3,(H,11,14). The van der Waals surface area contributed by atoms with E-state index in [0.717, 1.165) is 0 Å². The lowest BCUT2D eigenvalue weighted by Crippen LogP contribution is -2.31. The van der Waals surface area contributed by atoms with Crippen LogP contribution in [-0.2, 0) is 6.42 Å². The van der Waals surface area contributed by atoms with Crippen molar-refractivity contribution in [1.82, 2.24) is 10.5 Å². The summed E-state index contributed by atoms with van der Waals surface area (Å²) >= 11 is 0. The van der Waals surface area contributed by atoms with Crippen LogP contribution in [0.5, 0.6) is 0 Å². The van der Waals surface area contributed by atoms with Crippen molar-refractivity contribution in [3.8, 4) is 0 Å². The Morgan fingerprint density at radius 1 is 1.67 bits per heavy atom. The zero-order chi connectivity index (χ0) is 11.4. The van der Waals surface area contributed by atoms with Crippen molar-refractivity contribution in [2.75, 3.05) is 6.54 Å². The summed E-state index contributed by atoms with van der Waals surface area (Å²) in [5, 5.41) is 15.4. The molecule has 1 rings (SSSR count). The van der Waals surface area contributed by atoms with Gasteiger partial charge in [-0.05, 0) is 20.3 Å². The molecule has 1 aromatic heterocycles. The quantitative estimate of drug-likeness (QED) is 0.768. The van der Waals surface area contributed by atoms with Crippen molar-refractivity contribution in [3.63, 3.8) is 0 Å². The van der Waals surface area contributed by atoms with Gasteiger partial charge in [-0.1, -0.05) is 12.1 Å². The number of aliphatic hydroxyl groups is 1. The Bertz CT molecular complexity index is 344. The Kier molecular flexibility index (Phi) is 3.85. The molecule has 0 saturated carbocycles. The fraction of sp³-hybridized carbons (Fsp3) is 0.600. The van der Waals surface area contributed by atoms with Crippen molar-refractivity contribution in [1.29, 1.82) is 0 Å². The molecule has 0 saturated heterocycles. The zero-order valence-electron chi connectivity index (χ0n) is 9.20. The van der Waals surface area contributed by atoms with Crippen LogP contribution in [0.2, 0.25) is 0 Å². The van der Waals surface area contributed by atoms with Crippen molar-refractivity contribution < 1.29 is 14.4 Å². The van der Waals surface area contributed by atoms with Gasteiger partial charge in [0.25, 0.3) is 5.91 Å². The molecule has 1 atom stereocenters. The molecule has 2 N–H and O–H groups in total. The van der Waals surface area contributed by atoms with E-state index < -0.39 is 6.10 Å². The lowest BCUT2D eigenvalue weighted by molar-refractivity contribution is 0.0921. The summed E-state index contributed by atoms with van der Waals surface area (Å²) in [5.41, 5.74) is 1.13. The van der Waals surface area contributed by atoms with Crippen LogP contribution in [0.4, 0.5) is 0 Å². The Morgan fingerprint density at radius 3 is 2.87 bits per heavy atom. The summed E-state index contributed by atoms with van der Waals surface area (Å²) in [5.74, 6) is 0.265. The normalized spacial score (nSPS) is 12.5. The van der Waals surface area contributed by atoms with E-state index in [9.17, 15) is 4.79 Å². The molecular formula is C10H16N2O3. The minimum absolute atomic E-state index is 0.229. The highest BCUT2D eigenvalue weighted by atomic mass is 16.5. The highest BCUT2D eigenvalue weighted by molar-refractivity contribution is 5.96. The molecule has 5 nitrogen and oxygen atoms in total. The number of aromatic nitrogens is 1. The molecule has 0 aliphatic rings. The van der Waals surface area contributed by atoms with Gasteiger partial charge in [0.05, 0.1) is 11.8 Å². The van der Waals surface area contributed by atoms with Gasteiger partial charge in [0.2, 0.25) is 0 Å². The first kappa shape index (κ1) is 11.7.